The number of fused-ring (bicyclic) bond motifs is 3. The number of furan rings is 1. The molecule has 2 aromatic carbocycles. The van der Waals surface area contributed by atoms with Crippen molar-refractivity contribution in [2.24, 2.45) is 0 Å². The normalized spacial score (nSPS) is 17.1. The van der Waals surface area contributed by atoms with Crippen molar-refractivity contribution in [2.45, 2.75) is 19.3 Å². The predicted octanol–water partition coefficient (Wildman–Crippen LogP) is 5.94. The number of hydrogen-bond donors (Lipinski definition) is 0. The molecule has 1 unspecified atom stereocenters. The van der Waals surface area contributed by atoms with Crippen LogP contribution < -0.4 is 0 Å². The molecule has 0 saturated heterocycles. The fraction of sp³-hybridized carbons (Fsp3) is 0.158. The third-order valence-electron chi connectivity index (χ3n) is 4.24. The van der Waals surface area contributed by atoms with Crippen molar-refractivity contribution >= 4 is 28.6 Å². The summed E-state index contributed by atoms with van der Waals surface area (Å²) >= 11 is 6.08. The van der Waals surface area contributed by atoms with Gasteiger partial charge in [-0.15, -0.1) is 0 Å². The van der Waals surface area contributed by atoms with Gasteiger partial charge in [0.15, 0.2) is 0 Å². The summed E-state index contributed by atoms with van der Waals surface area (Å²) in [6.07, 6.45) is 5.39. The molecule has 104 valence electrons. The van der Waals surface area contributed by atoms with E-state index < -0.39 is 0 Å². The smallest absolute Gasteiger partial charge is 0.134 e. The Morgan fingerprint density at radius 2 is 2.00 bits per heavy atom. The fourth-order valence-electron chi connectivity index (χ4n) is 3.24. The molecule has 0 N–H and O–H groups in total. The number of hydrogen-bond acceptors (Lipinski definition) is 1. The van der Waals surface area contributed by atoms with Crippen LogP contribution in [0, 0.1) is 6.92 Å². The summed E-state index contributed by atoms with van der Waals surface area (Å²) in [5, 5.41) is 1.98. The van der Waals surface area contributed by atoms with Crippen molar-refractivity contribution in [3.05, 3.63) is 76.0 Å². The summed E-state index contributed by atoms with van der Waals surface area (Å²) in [4.78, 5) is 0. The van der Waals surface area contributed by atoms with Crippen LogP contribution in [0.25, 0.3) is 17.0 Å². The van der Waals surface area contributed by atoms with Gasteiger partial charge in [0.25, 0.3) is 0 Å². The molecule has 0 saturated carbocycles. The minimum absolute atomic E-state index is 0.273. The number of halogens is 1. The molecule has 4 rings (SSSR count). The Bertz CT molecular complexity index is 857. The first-order valence-electron chi connectivity index (χ1n) is 7.18. The van der Waals surface area contributed by atoms with E-state index in [0.29, 0.717) is 0 Å². The molecule has 1 heterocycles. The van der Waals surface area contributed by atoms with Crippen LogP contribution in [0.5, 0.6) is 0 Å². The first-order valence-corrected chi connectivity index (χ1v) is 7.56. The minimum atomic E-state index is 0.273. The molecule has 2 heteroatoms. The van der Waals surface area contributed by atoms with Gasteiger partial charge in [0.1, 0.15) is 11.3 Å². The fourth-order valence-corrected chi connectivity index (χ4v) is 3.47. The average Bonchev–Trinajstić information content (AvgIpc) is 2.86. The Hall–Kier alpha value is -1.99. The largest absolute Gasteiger partial charge is 0.460 e. The predicted molar refractivity (Wildman–Crippen MR) is 87.9 cm³/mol. The van der Waals surface area contributed by atoms with E-state index in [1.807, 2.05) is 24.3 Å². The van der Waals surface area contributed by atoms with Gasteiger partial charge in [0, 0.05) is 21.9 Å². The van der Waals surface area contributed by atoms with E-state index in [0.717, 1.165) is 22.8 Å². The maximum Gasteiger partial charge on any atom is 0.134 e. The number of aryl methyl sites for hydroxylation is 1. The zero-order valence-electron chi connectivity index (χ0n) is 11.8. The SMILES string of the molecule is Cc1cc(Cl)ccc1C1CC=Cc2c1oc1ccccc21. The molecule has 0 radical (unpaired) electrons. The van der Waals surface area contributed by atoms with E-state index in [4.69, 9.17) is 16.0 Å². The van der Waals surface area contributed by atoms with Crippen molar-refractivity contribution in [2.75, 3.05) is 0 Å². The zero-order chi connectivity index (χ0) is 14.4. The highest BCUT2D eigenvalue weighted by atomic mass is 35.5. The van der Waals surface area contributed by atoms with Gasteiger partial charge in [-0.3, -0.25) is 0 Å². The Kier molecular flexibility index (Phi) is 2.90. The second-order valence-corrected chi connectivity index (χ2v) is 6.00. The molecule has 3 aromatic rings. The van der Waals surface area contributed by atoms with Crippen molar-refractivity contribution in [1.82, 2.24) is 0 Å². The lowest BCUT2D eigenvalue weighted by Crippen LogP contribution is -2.05. The van der Waals surface area contributed by atoms with Gasteiger partial charge in [-0.25, -0.2) is 0 Å². The molecule has 1 atom stereocenters. The van der Waals surface area contributed by atoms with Crippen LogP contribution in [0.3, 0.4) is 0 Å². The molecule has 0 aliphatic heterocycles. The van der Waals surface area contributed by atoms with Crippen LogP contribution in [0.1, 0.15) is 34.8 Å². The summed E-state index contributed by atoms with van der Waals surface area (Å²) in [6.45, 7) is 2.11. The van der Waals surface area contributed by atoms with Crippen LogP contribution >= 0.6 is 11.6 Å². The molecule has 0 amide bonds. The van der Waals surface area contributed by atoms with Crippen LogP contribution in [-0.2, 0) is 0 Å². The molecular formula is C19H15ClO. The molecule has 0 bridgehead atoms. The average molecular weight is 295 g/mol. The van der Waals surface area contributed by atoms with Crippen molar-refractivity contribution in [1.29, 1.82) is 0 Å². The van der Waals surface area contributed by atoms with E-state index in [1.165, 1.54) is 22.1 Å². The second-order valence-electron chi connectivity index (χ2n) is 5.57. The van der Waals surface area contributed by atoms with E-state index >= 15 is 0 Å². The summed E-state index contributed by atoms with van der Waals surface area (Å²) < 4.78 is 6.16. The standard InChI is InChI=1S/C19H15ClO/c1-12-11-13(20)9-10-14(12)16-6-4-7-17-15-5-2-3-8-18(15)21-19(16)17/h2-5,7-11,16H,6H2,1H3. The van der Waals surface area contributed by atoms with E-state index in [1.54, 1.807) is 0 Å². The molecule has 1 aliphatic rings. The van der Waals surface area contributed by atoms with Gasteiger partial charge in [-0.1, -0.05) is 48.0 Å². The molecular weight excluding hydrogens is 280 g/mol. The lowest BCUT2D eigenvalue weighted by molar-refractivity contribution is 0.516. The Balaban J connectivity index is 1.92. The maximum atomic E-state index is 6.16. The monoisotopic (exact) mass is 294 g/mol. The minimum Gasteiger partial charge on any atom is -0.460 e. The highest BCUT2D eigenvalue weighted by Gasteiger charge is 2.25. The van der Waals surface area contributed by atoms with E-state index in [-0.39, 0.29) is 5.92 Å². The van der Waals surface area contributed by atoms with Crippen LogP contribution in [0.15, 0.2) is 53.0 Å². The van der Waals surface area contributed by atoms with Crippen molar-refractivity contribution < 1.29 is 4.42 Å². The van der Waals surface area contributed by atoms with Crippen molar-refractivity contribution in [3.63, 3.8) is 0 Å². The first kappa shape index (κ1) is 12.7. The number of benzene rings is 2. The van der Waals surface area contributed by atoms with E-state index in [9.17, 15) is 0 Å². The Morgan fingerprint density at radius 1 is 1.14 bits per heavy atom. The van der Waals surface area contributed by atoms with Gasteiger partial charge >= 0.3 is 0 Å². The third-order valence-corrected chi connectivity index (χ3v) is 4.48. The molecule has 1 aromatic heterocycles. The van der Waals surface area contributed by atoms with Gasteiger partial charge in [-0.2, -0.15) is 0 Å². The highest BCUT2D eigenvalue weighted by molar-refractivity contribution is 6.30. The summed E-state index contributed by atoms with van der Waals surface area (Å²) in [5.74, 6) is 1.35. The molecule has 0 fully saturated rings. The maximum absolute atomic E-state index is 6.16. The zero-order valence-corrected chi connectivity index (χ0v) is 12.5. The summed E-state index contributed by atoms with van der Waals surface area (Å²) in [5.41, 5.74) is 4.69. The highest BCUT2D eigenvalue weighted by Crippen LogP contribution is 2.41. The van der Waals surface area contributed by atoms with Gasteiger partial charge in [-0.05, 0) is 42.7 Å². The molecule has 1 nitrogen and oxygen atoms in total. The van der Waals surface area contributed by atoms with Gasteiger partial charge in [0.05, 0.1) is 0 Å². The number of allylic oxidation sites excluding steroid dienone is 1. The lowest BCUT2D eigenvalue weighted by Gasteiger charge is -2.20. The number of rotatable bonds is 1. The van der Waals surface area contributed by atoms with Gasteiger partial charge in [0.2, 0.25) is 0 Å². The van der Waals surface area contributed by atoms with Crippen LogP contribution in [0.4, 0.5) is 0 Å². The third kappa shape index (κ3) is 2.00. The Morgan fingerprint density at radius 3 is 2.86 bits per heavy atom. The van der Waals surface area contributed by atoms with Crippen LogP contribution in [0.2, 0.25) is 5.02 Å². The first-order chi connectivity index (χ1) is 10.2. The molecule has 1 aliphatic carbocycles. The number of para-hydroxylation sites is 1. The lowest BCUT2D eigenvalue weighted by atomic mass is 9.85. The summed E-state index contributed by atoms with van der Waals surface area (Å²) in [7, 11) is 0. The Labute approximate surface area is 128 Å². The second kappa shape index (κ2) is 4.78. The summed E-state index contributed by atoms with van der Waals surface area (Å²) in [6, 6.07) is 14.3. The molecule has 21 heavy (non-hydrogen) atoms. The quantitative estimate of drug-likeness (QED) is 0.541. The molecule has 0 spiro atoms. The van der Waals surface area contributed by atoms with E-state index in [2.05, 4.69) is 37.3 Å². The van der Waals surface area contributed by atoms with Crippen molar-refractivity contribution in [3.8, 4) is 0 Å². The topological polar surface area (TPSA) is 13.1 Å². The van der Waals surface area contributed by atoms with Crippen LogP contribution in [-0.4, -0.2) is 0 Å². The van der Waals surface area contributed by atoms with Gasteiger partial charge < -0.3 is 4.42 Å².